The summed E-state index contributed by atoms with van der Waals surface area (Å²) < 4.78 is 0. The van der Waals surface area contributed by atoms with Gasteiger partial charge in [0, 0.05) is 36.7 Å². The molecular formula is C18H20N2O3. The topological polar surface area (TPSA) is 70.5 Å². The summed E-state index contributed by atoms with van der Waals surface area (Å²) in [6, 6.07) is 9.38. The molecule has 0 aliphatic carbocycles. The molecule has 0 radical (unpaired) electrons. The number of nitrogens with zero attached hydrogens (tertiary/aromatic N) is 2. The number of aromatic nitrogens is 1. The number of rotatable bonds is 4. The van der Waals surface area contributed by atoms with Crippen LogP contribution in [0.1, 0.15) is 36.0 Å². The van der Waals surface area contributed by atoms with Crippen LogP contribution in [0.5, 0.6) is 0 Å². The van der Waals surface area contributed by atoms with Crippen LogP contribution in [0.15, 0.2) is 36.5 Å². The van der Waals surface area contributed by atoms with Crippen molar-refractivity contribution in [3.8, 4) is 0 Å². The average Bonchev–Trinajstić information content (AvgIpc) is 2.59. The standard InChI is InChI=1S/C18H20N2O3/c21-17(22)8-5-13-3-2-10-20(12-13)18(23)15-6-7-16-14(11-15)4-1-9-19-16/h1,4,6-7,9,11,13H,2-3,5,8,10,12H2,(H,21,22)/t13-/m0/s1. The van der Waals surface area contributed by atoms with E-state index in [1.807, 2.05) is 35.2 Å². The van der Waals surface area contributed by atoms with Crippen molar-refractivity contribution in [3.63, 3.8) is 0 Å². The maximum absolute atomic E-state index is 12.7. The van der Waals surface area contributed by atoms with Gasteiger partial charge in [-0.25, -0.2) is 0 Å². The molecule has 1 atom stereocenters. The quantitative estimate of drug-likeness (QED) is 0.942. The number of hydrogen-bond acceptors (Lipinski definition) is 3. The van der Waals surface area contributed by atoms with Crippen molar-refractivity contribution in [1.82, 2.24) is 9.88 Å². The number of carbonyl (C=O) groups excluding carboxylic acids is 1. The average molecular weight is 312 g/mol. The van der Waals surface area contributed by atoms with Gasteiger partial charge in [0.15, 0.2) is 0 Å². The van der Waals surface area contributed by atoms with Crippen LogP contribution in [-0.4, -0.2) is 40.0 Å². The molecule has 0 saturated carbocycles. The van der Waals surface area contributed by atoms with Crippen molar-refractivity contribution >= 4 is 22.8 Å². The first-order valence-corrected chi connectivity index (χ1v) is 7.99. The molecule has 1 aliphatic rings. The molecule has 1 amide bonds. The Balaban J connectivity index is 1.71. The lowest BCUT2D eigenvalue weighted by Gasteiger charge is -2.32. The monoisotopic (exact) mass is 312 g/mol. The van der Waals surface area contributed by atoms with E-state index in [1.165, 1.54) is 0 Å². The van der Waals surface area contributed by atoms with E-state index in [-0.39, 0.29) is 18.2 Å². The highest BCUT2D eigenvalue weighted by Gasteiger charge is 2.24. The van der Waals surface area contributed by atoms with E-state index in [9.17, 15) is 9.59 Å². The summed E-state index contributed by atoms with van der Waals surface area (Å²) in [7, 11) is 0. The first-order valence-electron chi connectivity index (χ1n) is 7.99. The molecule has 0 bridgehead atoms. The van der Waals surface area contributed by atoms with Crippen LogP contribution in [-0.2, 0) is 4.79 Å². The number of amides is 1. The molecule has 5 heteroatoms. The summed E-state index contributed by atoms with van der Waals surface area (Å²) in [6.45, 7) is 1.39. The van der Waals surface area contributed by atoms with Crippen molar-refractivity contribution in [2.45, 2.75) is 25.7 Å². The second-order valence-corrected chi connectivity index (χ2v) is 6.10. The molecule has 1 fully saturated rings. The van der Waals surface area contributed by atoms with Crippen molar-refractivity contribution in [2.24, 2.45) is 5.92 Å². The van der Waals surface area contributed by atoms with Gasteiger partial charge in [0.05, 0.1) is 5.52 Å². The molecule has 1 aromatic carbocycles. The van der Waals surface area contributed by atoms with Crippen molar-refractivity contribution in [3.05, 3.63) is 42.1 Å². The summed E-state index contributed by atoms with van der Waals surface area (Å²) >= 11 is 0. The van der Waals surface area contributed by atoms with E-state index in [0.717, 1.165) is 30.3 Å². The van der Waals surface area contributed by atoms with E-state index in [0.29, 0.717) is 18.5 Å². The zero-order chi connectivity index (χ0) is 16.2. The Kier molecular flexibility index (Phi) is 4.55. The largest absolute Gasteiger partial charge is 0.481 e. The molecule has 0 unspecified atom stereocenters. The molecule has 1 saturated heterocycles. The second kappa shape index (κ2) is 6.77. The van der Waals surface area contributed by atoms with Crippen LogP contribution >= 0.6 is 0 Å². The molecule has 23 heavy (non-hydrogen) atoms. The van der Waals surface area contributed by atoms with Gasteiger partial charge in [-0.15, -0.1) is 0 Å². The normalized spacial score (nSPS) is 18.1. The first-order chi connectivity index (χ1) is 11.1. The van der Waals surface area contributed by atoms with Crippen molar-refractivity contribution in [1.29, 1.82) is 0 Å². The summed E-state index contributed by atoms with van der Waals surface area (Å²) in [6.07, 6.45) is 4.49. The second-order valence-electron chi connectivity index (χ2n) is 6.10. The van der Waals surface area contributed by atoms with Gasteiger partial charge < -0.3 is 10.0 Å². The molecule has 1 N–H and O–H groups in total. The highest BCUT2D eigenvalue weighted by Crippen LogP contribution is 2.23. The lowest BCUT2D eigenvalue weighted by molar-refractivity contribution is -0.137. The minimum atomic E-state index is -0.768. The van der Waals surface area contributed by atoms with Crippen LogP contribution in [0.25, 0.3) is 10.9 Å². The Hall–Kier alpha value is -2.43. The Labute approximate surface area is 134 Å². The summed E-state index contributed by atoms with van der Waals surface area (Å²) in [5, 5.41) is 9.77. The molecule has 1 aromatic heterocycles. The zero-order valence-electron chi connectivity index (χ0n) is 12.9. The predicted molar refractivity (Wildman–Crippen MR) is 87.2 cm³/mol. The first kappa shape index (κ1) is 15.5. The van der Waals surface area contributed by atoms with Gasteiger partial charge in [0.1, 0.15) is 0 Å². The summed E-state index contributed by atoms with van der Waals surface area (Å²) in [4.78, 5) is 29.6. The van der Waals surface area contributed by atoms with E-state index < -0.39 is 5.97 Å². The molecule has 3 rings (SSSR count). The summed E-state index contributed by atoms with van der Waals surface area (Å²) in [5.74, 6) is -0.461. The third-order valence-electron chi connectivity index (χ3n) is 4.42. The molecular weight excluding hydrogens is 292 g/mol. The van der Waals surface area contributed by atoms with Crippen LogP contribution < -0.4 is 0 Å². The Morgan fingerprint density at radius 3 is 3.00 bits per heavy atom. The van der Waals surface area contributed by atoms with E-state index in [2.05, 4.69) is 4.98 Å². The predicted octanol–water partition coefficient (Wildman–Crippen LogP) is 2.95. The number of fused-ring (bicyclic) bond motifs is 1. The van der Waals surface area contributed by atoms with Crippen molar-refractivity contribution < 1.29 is 14.7 Å². The number of aliphatic carboxylic acids is 1. The number of hydrogen-bond donors (Lipinski definition) is 1. The number of pyridine rings is 1. The smallest absolute Gasteiger partial charge is 0.303 e. The third-order valence-corrected chi connectivity index (χ3v) is 4.42. The fourth-order valence-electron chi connectivity index (χ4n) is 3.20. The van der Waals surface area contributed by atoms with Gasteiger partial charge in [0.25, 0.3) is 5.91 Å². The minimum Gasteiger partial charge on any atom is -0.481 e. The maximum Gasteiger partial charge on any atom is 0.303 e. The number of piperidine rings is 1. The number of benzene rings is 1. The third kappa shape index (κ3) is 3.67. The molecule has 1 aliphatic heterocycles. The van der Waals surface area contributed by atoms with E-state index >= 15 is 0 Å². The van der Waals surface area contributed by atoms with Crippen LogP contribution in [0.2, 0.25) is 0 Å². The number of carbonyl (C=O) groups is 2. The van der Waals surface area contributed by atoms with E-state index in [4.69, 9.17) is 5.11 Å². The summed E-state index contributed by atoms with van der Waals surface area (Å²) in [5.41, 5.74) is 1.55. The fraction of sp³-hybridized carbons (Fsp3) is 0.389. The van der Waals surface area contributed by atoms with Crippen LogP contribution in [0.4, 0.5) is 0 Å². The lowest BCUT2D eigenvalue weighted by atomic mass is 9.93. The van der Waals surface area contributed by atoms with Gasteiger partial charge in [-0.1, -0.05) is 6.07 Å². The number of likely N-dealkylation sites (tertiary alicyclic amines) is 1. The number of carboxylic acid groups (broad SMARTS) is 1. The zero-order valence-corrected chi connectivity index (χ0v) is 12.9. The van der Waals surface area contributed by atoms with Gasteiger partial charge in [-0.3, -0.25) is 14.6 Å². The Morgan fingerprint density at radius 2 is 2.17 bits per heavy atom. The maximum atomic E-state index is 12.7. The molecule has 5 nitrogen and oxygen atoms in total. The minimum absolute atomic E-state index is 0.0239. The highest BCUT2D eigenvalue weighted by molar-refractivity contribution is 5.98. The lowest BCUT2D eigenvalue weighted by Crippen LogP contribution is -2.40. The molecule has 2 aromatic rings. The van der Waals surface area contributed by atoms with Gasteiger partial charge in [-0.05, 0) is 49.4 Å². The number of carboxylic acids is 1. The Bertz CT molecular complexity index is 729. The molecule has 2 heterocycles. The fourth-order valence-corrected chi connectivity index (χ4v) is 3.20. The van der Waals surface area contributed by atoms with Crippen LogP contribution in [0.3, 0.4) is 0 Å². The van der Waals surface area contributed by atoms with E-state index in [1.54, 1.807) is 6.20 Å². The SMILES string of the molecule is O=C(O)CC[C@@H]1CCCN(C(=O)c2ccc3ncccc3c2)C1. The van der Waals surface area contributed by atoms with Crippen molar-refractivity contribution in [2.75, 3.05) is 13.1 Å². The van der Waals surface area contributed by atoms with Crippen LogP contribution in [0, 0.1) is 5.92 Å². The Morgan fingerprint density at radius 1 is 1.30 bits per heavy atom. The highest BCUT2D eigenvalue weighted by atomic mass is 16.4. The molecule has 0 spiro atoms. The van der Waals surface area contributed by atoms with Gasteiger partial charge in [0.2, 0.25) is 0 Å². The van der Waals surface area contributed by atoms with Gasteiger partial charge in [-0.2, -0.15) is 0 Å². The van der Waals surface area contributed by atoms with Gasteiger partial charge >= 0.3 is 5.97 Å². The molecule has 120 valence electrons.